The molecule has 0 spiro atoms. The maximum atomic E-state index is 12.0. The number of aromatic carboxylic acids is 1. The molecule has 2 N–H and O–H groups in total. The minimum atomic E-state index is -1.25. The molecule has 2 rings (SSSR count). The number of amides is 2. The molecule has 0 unspecified atom stereocenters. The van der Waals surface area contributed by atoms with E-state index in [1.165, 1.54) is 24.1 Å². The molecule has 0 atom stereocenters. The Hall–Kier alpha value is -3.49. The number of carbonyl (C=O) groups excluding carboxylic acids is 2. The van der Waals surface area contributed by atoms with Crippen LogP contribution in [0.15, 0.2) is 34.7 Å². The second-order valence-corrected chi connectivity index (χ2v) is 5.71. The Balaban J connectivity index is 1.99. The summed E-state index contributed by atoms with van der Waals surface area (Å²) < 4.78 is 15.6. The van der Waals surface area contributed by atoms with E-state index >= 15 is 0 Å². The van der Waals surface area contributed by atoms with Gasteiger partial charge in [-0.2, -0.15) is 0 Å². The molecule has 1 aromatic heterocycles. The fraction of sp³-hybridized carbons (Fsp3) is 0.278. The summed E-state index contributed by atoms with van der Waals surface area (Å²) in [5.41, 5.74) is 0.719. The first-order valence-corrected chi connectivity index (χ1v) is 7.93. The third-order valence-electron chi connectivity index (χ3n) is 3.57. The highest BCUT2D eigenvalue weighted by Gasteiger charge is 2.15. The van der Waals surface area contributed by atoms with E-state index in [0.717, 1.165) is 5.56 Å². The van der Waals surface area contributed by atoms with Crippen LogP contribution < -0.4 is 14.8 Å². The normalized spacial score (nSPS) is 10.2. The van der Waals surface area contributed by atoms with Crippen molar-refractivity contribution in [3.8, 4) is 11.5 Å². The molecule has 2 amide bonds. The van der Waals surface area contributed by atoms with Crippen molar-refractivity contribution in [3.63, 3.8) is 0 Å². The molecule has 9 heteroatoms. The Morgan fingerprint density at radius 2 is 1.81 bits per heavy atom. The van der Waals surface area contributed by atoms with Crippen LogP contribution in [-0.4, -0.2) is 55.6 Å². The summed E-state index contributed by atoms with van der Waals surface area (Å²) in [6, 6.07) is 7.52. The molecule has 0 aliphatic heterocycles. The number of carboxylic acid groups (broad SMARTS) is 1. The second kappa shape index (κ2) is 8.75. The summed E-state index contributed by atoms with van der Waals surface area (Å²) in [4.78, 5) is 35.8. The number of benzene rings is 1. The van der Waals surface area contributed by atoms with E-state index in [1.54, 1.807) is 32.3 Å². The average Bonchev–Trinajstić information content (AvgIpc) is 3.14. The van der Waals surface area contributed by atoms with Gasteiger partial charge in [-0.1, -0.05) is 6.07 Å². The van der Waals surface area contributed by atoms with Crippen molar-refractivity contribution < 1.29 is 33.4 Å². The number of rotatable bonds is 8. The van der Waals surface area contributed by atoms with Crippen LogP contribution >= 0.6 is 0 Å². The number of hydrogen-bond acceptors (Lipinski definition) is 6. The van der Waals surface area contributed by atoms with Crippen molar-refractivity contribution in [1.82, 2.24) is 10.2 Å². The largest absolute Gasteiger partial charge is 0.493 e. The van der Waals surface area contributed by atoms with E-state index in [4.69, 9.17) is 19.0 Å². The number of methoxy groups -OCH3 is 1. The van der Waals surface area contributed by atoms with Crippen molar-refractivity contribution in [2.45, 2.75) is 6.54 Å². The van der Waals surface area contributed by atoms with Gasteiger partial charge < -0.3 is 29.2 Å². The Morgan fingerprint density at radius 3 is 2.41 bits per heavy atom. The van der Waals surface area contributed by atoms with Crippen molar-refractivity contribution in [2.75, 3.05) is 27.8 Å². The lowest BCUT2D eigenvalue weighted by atomic mass is 10.2. The van der Waals surface area contributed by atoms with Crippen molar-refractivity contribution in [2.24, 2.45) is 0 Å². The van der Waals surface area contributed by atoms with Gasteiger partial charge in [0.05, 0.1) is 7.11 Å². The smallest absolute Gasteiger partial charge is 0.371 e. The molecule has 9 nitrogen and oxygen atoms in total. The van der Waals surface area contributed by atoms with E-state index in [2.05, 4.69) is 5.32 Å². The SMILES string of the molecule is COc1cc(CNC(=O)c2ccc(C(=O)O)o2)ccc1OCC(=O)N(C)C. The number of hydrogen-bond donors (Lipinski definition) is 2. The standard InChI is InChI=1S/C18H20N2O7/c1-20(2)16(21)10-26-12-5-4-11(8-15(12)25-3)9-19-17(22)13-6-7-14(27-13)18(23)24/h4-8H,9-10H2,1-3H3,(H,19,22)(H,23,24). The van der Waals surface area contributed by atoms with Gasteiger partial charge in [0, 0.05) is 20.6 Å². The van der Waals surface area contributed by atoms with E-state index in [9.17, 15) is 14.4 Å². The first-order valence-electron chi connectivity index (χ1n) is 7.93. The maximum absolute atomic E-state index is 12.0. The van der Waals surface area contributed by atoms with Crippen LogP contribution in [0, 0.1) is 0 Å². The molecule has 27 heavy (non-hydrogen) atoms. The van der Waals surface area contributed by atoms with Crippen LogP contribution in [0.1, 0.15) is 26.7 Å². The predicted octanol–water partition coefficient (Wildman–Crippen LogP) is 1.38. The zero-order valence-electron chi connectivity index (χ0n) is 15.1. The Bertz CT molecular complexity index is 842. The molecular formula is C18H20N2O7. The zero-order valence-corrected chi connectivity index (χ0v) is 15.1. The van der Waals surface area contributed by atoms with Gasteiger partial charge in [-0.3, -0.25) is 9.59 Å². The van der Waals surface area contributed by atoms with Gasteiger partial charge in [0.15, 0.2) is 23.9 Å². The zero-order chi connectivity index (χ0) is 20.0. The molecule has 0 bridgehead atoms. The average molecular weight is 376 g/mol. The molecule has 144 valence electrons. The van der Waals surface area contributed by atoms with Gasteiger partial charge in [-0.25, -0.2) is 4.79 Å². The number of furan rings is 1. The Labute approximate surface area is 155 Å². The van der Waals surface area contributed by atoms with Gasteiger partial charge in [0.1, 0.15) is 0 Å². The number of likely N-dealkylation sites (N-methyl/N-ethyl adjacent to an activating group) is 1. The number of nitrogens with one attached hydrogen (secondary N) is 1. The molecular weight excluding hydrogens is 356 g/mol. The predicted molar refractivity (Wildman–Crippen MR) is 94.0 cm³/mol. The first kappa shape index (κ1) is 19.8. The summed E-state index contributed by atoms with van der Waals surface area (Å²) >= 11 is 0. The Kier molecular flexibility index (Phi) is 6.42. The molecule has 0 aliphatic carbocycles. The molecule has 2 aromatic rings. The third-order valence-corrected chi connectivity index (χ3v) is 3.57. The van der Waals surface area contributed by atoms with Crippen LogP contribution in [0.25, 0.3) is 0 Å². The highest BCUT2D eigenvalue weighted by atomic mass is 16.5. The lowest BCUT2D eigenvalue weighted by Gasteiger charge is -2.14. The topological polar surface area (TPSA) is 118 Å². The maximum Gasteiger partial charge on any atom is 0.371 e. The number of ether oxygens (including phenoxy) is 2. The van der Waals surface area contributed by atoms with Gasteiger partial charge >= 0.3 is 5.97 Å². The lowest BCUT2D eigenvalue weighted by molar-refractivity contribution is -0.130. The summed E-state index contributed by atoms with van der Waals surface area (Å²) in [5, 5.41) is 11.4. The first-order chi connectivity index (χ1) is 12.8. The number of nitrogens with zero attached hydrogens (tertiary/aromatic N) is 1. The molecule has 0 aliphatic rings. The summed E-state index contributed by atoms with van der Waals surface area (Å²) in [5.74, 6) is -1.57. The van der Waals surface area contributed by atoms with Gasteiger partial charge in [0.2, 0.25) is 5.76 Å². The minimum Gasteiger partial charge on any atom is -0.493 e. The van der Waals surface area contributed by atoms with Crippen molar-refractivity contribution in [1.29, 1.82) is 0 Å². The molecule has 0 fully saturated rings. The van der Waals surface area contributed by atoms with Crippen LogP contribution in [0.2, 0.25) is 0 Å². The fourth-order valence-corrected chi connectivity index (χ4v) is 2.05. The lowest BCUT2D eigenvalue weighted by Crippen LogP contribution is -2.27. The molecule has 0 radical (unpaired) electrons. The molecule has 0 saturated heterocycles. The third kappa shape index (κ3) is 5.24. The fourth-order valence-electron chi connectivity index (χ4n) is 2.05. The van der Waals surface area contributed by atoms with Gasteiger partial charge in [-0.05, 0) is 29.8 Å². The van der Waals surface area contributed by atoms with Crippen LogP contribution in [0.4, 0.5) is 0 Å². The summed E-state index contributed by atoms with van der Waals surface area (Å²) in [6.07, 6.45) is 0. The minimum absolute atomic E-state index is 0.0958. The highest BCUT2D eigenvalue weighted by molar-refractivity contribution is 5.93. The highest BCUT2D eigenvalue weighted by Crippen LogP contribution is 2.28. The van der Waals surface area contributed by atoms with Crippen LogP contribution in [-0.2, 0) is 11.3 Å². The van der Waals surface area contributed by atoms with E-state index in [0.29, 0.717) is 11.5 Å². The molecule has 1 aromatic carbocycles. The van der Waals surface area contributed by atoms with Crippen molar-refractivity contribution in [3.05, 3.63) is 47.4 Å². The summed E-state index contributed by atoms with van der Waals surface area (Å²) in [7, 11) is 4.73. The second-order valence-electron chi connectivity index (χ2n) is 5.71. The van der Waals surface area contributed by atoms with Gasteiger partial charge in [0.25, 0.3) is 11.8 Å². The quantitative estimate of drug-likeness (QED) is 0.714. The summed E-state index contributed by atoms with van der Waals surface area (Å²) in [6.45, 7) is 0.0407. The number of carbonyl (C=O) groups is 3. The van der Waals surface area contributed by atoms with Crippen molar-refractivity contribution >= 4 is 17.8 Å². The van der Waals surface area contributed by atoms with E-state index in [1.807, 2.05) is 0 Å². The van der Waals surface area contributed by atoms with E-state index in [-0.39, 0.29) is 30.6 Å². The monoisotopic (exact) mass is 376 g/mol. The van der Waals surface area contributed by atoms with Crippen LogP contribution in [0.5, 0.6) is 11.5 Å². The Morgan fingerprint density at radius 1 is 1.11 bits per heavy atom. The number of carboxylic acids is 1. The van der Waals surface area contributed by atoms with E-state index < -0.39 is 11.9 Å². The van der Waals surface area contributed by atoms with Gasteiger partial charge in [-0.15, -0.1) is 0 Å². The van der Waals surface area contributed by atoms with Crippen LogP contribution in [0.3, 0.4) is 0 Å². The molecule has 1 heterocycles. The molecule has 0 saturated carbocycles.